The molecule has 0 aliphatic heterocycles. The summed E-state index contributed by atoms with van der Waals surface area (Å²) in [6.45, 7) is 1.88. The van der Waals surface area contributed by atoms with Gasteiger partial charge in [-0.3, -0.25) is 4.79 Å². The van der Waals surface area contributed by atoms with Crippen LogP contribution in [0, 0.1) is 6.92 Å². The molecule has 0 fully saturated rings. The molecule has 0 aliphatic carbocycles. The van der Waals surface area contributed by atoms with Gasteiger partial charge in [0, 0.05) is 5.56 Å². The number of hydrogen-bond acceptors (Lipinski definition) is 4. The van der Waals surface area contributed by atoms with Crippen molar-refractivity contribution in [3.05, 3.63) is 41.2 Å². The lowest BCUT2D eigenvalue weighted by atomic mass is 10.0. The van der Waals surface area contributed by atoms with Gasteiger partial charge in [0.15, 0.2) is 0 Å². The second-order valence-electron chi connectivity index (χ2n) is 3.25. The van der Waals surface area contributed by atoms with Crippen molar-refractivity contribution < 1.29 is 4.79 Å². The van der Waals surface area contributed by atoms with Crippen LogP contribution in [0.3, 0.4) is 0 Å². The Labute approximate surface area is 86.7 Å². The number of rotatable bonds is 2. The second kappa shape index (κ2) is 3.61. The molecule has 0 aliphatic rings. The molecule has 5 nitrogen and oxygen atoms in total. The molecule has 2 aromatic rings. The Bertz CT molecular complexity index is 504. The summed E-state index contributed by atoms with van der Waals surface area (Å²) in [6, 6.07) is 7.34. The van der Waals surface area contributed by atoms with Crippen molar-refractivity contribution >= 4 is 5.78 Å². The number of tetrazole rings is 1. The van der Waals surface area contributed by atoms with E-state index in [1.165, 1.54) is 4.80 Å². The summed E-state index contributed by atoms with van der Waals surface area (Å²) in [4.78, 5) is 13.2. The quantitative estimate of drug-likeness (QED) is 0.674. The van der Waals surface area contributed by atoms with Gasteiger partial charge in [-0.15, -0.1) is 10.2 Å². The predicted octanol–water partition coefficient (Wildman–Crippen LogP) is 0.750. The average Bonchev–Trinajstić information content (AvgIpc) is 2.65. The summed E-state index contributed by atoms with van der Waals surface area (Å²) >= 11 is 0. The van der Waals surface area contributed by atoms with Crippen molar-refractivity contribution in [2.24, 2.45) is 7.05 Å². The molecule has 76 valence electrons. The molecule has 1 aromatic heterocycles. The third-order valence-corrected chi connectivity index (χ3v) is 2.10. The van der Waals surface area contributed by atoms with E-state index in [0.29, 0.717) is 5.56 Å². The fourth-order valence-corrected chi connectivity index (χ4v) is 1.32. The first-order chi connectivity index (χ1) is 7.18. The number of aryl methyl sites for hydroxylation is 2. The van der Waals surface area contributed by atoms with E-state index in [1.807, 2.05) is 25.1 Å². The van der Waals surface area contributed by atoms with Crippen LogP contribution < -0.4 is 0 Å². The van der Waals surface area contributed by atoms with Gasteiger partial charge in [-0.25, -0.2) is 0 Å². The molecule has 0 amide bonds. The van der Waals surface area contributed by atoms with Crippen molar-refractivity contribution in [3.8, 4) is 0 Å². The van der Waals surface area contributed by atoms with Crippen LogP contribution in [-0.4, -0.2) is 26.0 Å². The molecule has 15 heavy (non-hydrogen) atoms. The summed E-state index contributed by atoms with van der Waals surface area (Å²) in [5, 5.41) is 11.2. The molecule has 1 aromatic carbocycles. The Balaban J connectivity index is 2.41. The van der Waals surface area contributed by atoms with E-state index in [9.17, 15) is 4.79 Å². The maximum Gasteiger partial charge on any atom is 0.245 e. The molecule has 0 unspecified atom stereocenters. The van der Waals surface area contributed by atoms with E-state index in [4.69, 9.17) is 0 Å². The SMILES string of the molecule is Cc1ccccc1C(=O)c1nnn(C)n1. The van der Waals surface area contributed by atoms with E-state index < -0.39 is 0 Å². The van der Waals surface area contributed by atoms with Gasteiger partial charge in [0.1, 0.15) is 0 Å². The Morgan fingerprint density at radius 1 is 1.33 bits per heavy atom. The second-order valence-corrected chi connectivity index (χ2v) is 3.25. The van der Waals surface area contributed by atoms with Crippen LogP contribution in [0.15, 0.2) is 24.3 Å². The number of benzene rings is 1. The minimum atomic E-state index is -0.193. The highest BCUT2D eigenvalue weighted by molar-refractivity contribution is 6.07. The summed E-state index contributed by atoms with van der Waals surface area (Å²) in [7, 11) is 1.63. The van der Waals surface area contributed by atoms with Crippen LogP contribution in [0.4, 0.5) is 0 Å². The molecule has 0 saturated heterocycles. The van der Waals surface area contributed by atoms with Crippen LogP contribution in [0.25, 0.3) is 0 Å². The molecular formula is C10H10N4O. The van der Waals surface area contributed by atoms with Crippen molar-refractivity contribution in [1.29, 1.82) is 0 Å². The van der Waals surface area contributed by atoms with Crippen molar-refractivity contribution in [3.63, 3.8) is 0 Å². The third-order valence-electron chi connectivity index (χ3n) is 2.10. The lowest BCUT2D eigenvalue weighted by molar-refractivity contribution is 0.102. The number of nitrogens with zero attached hydrogens (tertiary/aromatic N) is 4. The minimum Gasteiger partial charge on any atom is -0.285 e. The zero-order valence-corrected chi connectivity index (χ0v) is 8.51. The zero-order valence-electron chi connectivity index (χ0n) is 8.51. The Morgan fingerprint density at radius 3 is 2.67 bits per heavy atom. The van der Waals surface area contributed by atoms with Crippen LogP contribution >= 0.6 is 0 Å². The summed E-state index contributed by atoms with van der Waals surface area (Å²) in [6.07, 6.45) is 0. The molecule has 1 heterocycles. The van der Waals surface area contributed by atoms with Gasteiger partial charge in [-0.05, 0) is 17.7 Å². The maximum absolute atomic E-state index is 11.9. The Hall–Kier alpha value is -2.04. The lowest BCUT2D eigenvalue weighted by Gasteiger charge is -1.99. The lowest BCUT2D eigenvalue weighted by Crippen LogP contribution is -2.06. The van der Waals surface area contributed by atoms with Crippen LogP contribution in [-0.2, 0) is 7.05 Å². The Morgan fingerprint density at radius 2 is 2.07 bits per heavy atom. The average molecular weight is 202 g/mol. The molecule has 0 spiro atoms. The standard InChI is InChI=1S/C10H10N4O/c1-7-5-3-4-6-8(7)9(15)10-11-13-14(2)12-10/h3-6H,1-2H3. The number of aromatic nitrogens is 4. The fourth-order valence-electron chi connectivity index (χ4n) is 1.32. The first-order valence-corrected chi connectivity index (χ1v) is 4.53. The first-order valence-electron chi connectivity index (χ1n) is 4.53. The van der Waals surface area contributed by atoms with Crippen molar-refractivity contribution in [2.75, 3.05) is 0 Å². The van der Waals surface area contributed by atoms with Gasteiger partial charge < -0.3 is 0 Å². The Kier molecular flexibility index (Phi) is 2.29. The highest BCUT2D eigenvalue weighted by Gasteiger charge is 2.15. The molecule has 0 radical (unpaired) electrons. The topological polar surface area (TPSA) is 60.7 Å². The van der Waals surface area contributed by atoms with Gasteiger partial charge in [0.25, 0.3) is 0 Å². The summed E-state index contributed by atoms with van der Waals surface area (Å²) < 4.78 is 0. The summed E-state index contributed by atoms with van der Waals surface area (Å²) in [5.74, 6) is -0.0620. The predicted molar refractivity (Wildman–Crippen MR) is 53.4 cm³/mol. The molecule has 5 heteroatoms. The van der Waals surface area contributed by atoms with Crippen molar-refractivity contribution in [1.82, 2.24) is 20.2 Å². The van der Waals surface area contributed by atoms with Crippen LogP contribution in [0.2, 0.25) is 0 Å². The van der Waals surface area contributed by atoms with E-state index in [-0.39, 0.29) is 11.6 Å². The molecule has 2 rings (SSSR count). The number of carbonyl (C=O) groups is 1. The normalized spacial score (nSPS) is 10.3. The van der Waals surface area contributed by atoms with Crippen molar-refractivity contribution in [2.45, 2.75) is 6.92 Å². The highest BCUT2D eigenvalue weighted by Crippen LogP contribution is 2.10. The number of ketones is 1. The van der Waals surface area contributed by atoms with Gasteiger partial charge in [0.2, 0.25) is 11.6 Å². The van der Waals surface area contributed by atoms with E-state index in [1.54, 1.807) is 13.1 Å². The van der Waals surface area contributed by atoms with E-state index >= 15 is 0 Å². The monoisotopic (exact) mass is 202 g/mol. The van der Waals surface area contributed by atoms with Gasteiger partial charge in [-0.1, -0.05) is 24.3 Å². The fraction of sp³-hybridized carbons (Fsp3) is 0.200. The molecule has 0 bridgehead atoms. The zero-order chi connectivity index (χ0) is 10.8. The van der Waals surface area contributed by atoms with E-state index in [0.717, 1.165) is 5.56 Å². The summed E-state index contributed by atoms with van der Waals surface area (Å²) in [5.41, 5.74) is 1.53. The number of carbonyl (C=O) groups excluding carboxylic acids is 1. The molecular weight excluding hydrogens is 192 g/mol. The third kappa shape index (κ3) is 1.76. The smallest absolute Gasteiger partial charge is 0.245 e. The molecule has 0 N–H and O–H groups in total. The highest BCUT2D eigenvalue weighted by atomic mass is 16.1. The number of hydrogen-bond donors (Lipinski definition) is 0. The van der Waals surface area contributed by atoms with Gasteiger partial charge in [0.05, 0.1) is 7.05 Å². The van der Waals surface area contributed by atoms with Crippen LogP contribution in [0.5, 0.6) is 0 Å². The minimum absolute atomic E-state index is 0.131. The van der Waals surface area contributed by atoms with Gasteiger partial charge >= 0.3 is 0 Å². The molecule has 0 atom stereocenters. The molecule has 0 saturated carbocycles. The largest absolute Gasteiger partial charge is 0.285 e. The van der Waals surface area contributed by atoms with E-state index in [2.05, 4.69) is 15.4 Å². The van der Waals surface area contributed by atoms with Gasteiger partial charge in [-0.2, -0.15) is 4.80 Å². The first kappa shape index (κ1) is 9.51. The van der Waals surface area contributed by atoms with Crippen LogP contribution in [0.1, 0.15) is 21.7 Å². The maximum atomic E-state index is 11.9.